The quantitative estimate of drug-likeness (QED) is 0.780. The molecule has 0 aliphatic rings. The van der Waals surface area contributed by atoms with Crippen LogP contribution in [0.15, 0.2) is 54.1 Å². The van der Waals surface area contributed by atoms with Gasteiger partial charge in [0, 0.05) is 10.6 Å². The predicted molar refractivity (Wildman–Crippen MR) is 87.4 cm³/mol. The zero-order valence-corrected chi connectivity index (χ0v) is 12.8. The molecule has 2 aromatic rings. The number of carbonyl (C=O) groups is 1. The van der Waals surface area contributed by atoms with Gasteiger partial charge in [-0.2, -0.15) is 0 Å². The van der Waals surface area contributed by atoms with Gasteiger partial charge in [-0.3, -0.25) is 0 Å². The van der Waals surface area contributed by atoms with Gasteiger partial charge in [0.2, 0.25) is 0 Å². The van der Waals surface area contributed by atoms with Crippen LogP contribution in [0.4, 0.5) is 0 Å². The normalized spacial score (nSPS) is 12.0. The molecule has 0 heterocycles. The Kier molecular flexibility index (Phi) is 4.81. The summed E-state index contributed by atoms with van der Waals surface area (Å²) in [6.07, 6.45) is 0.514. The van der Waals surface area contributed by atoms with E-state index in [2.05, 4.69) is 0 Å². The molecule has 2 rings (SSSR count). The molecule has 0 radical (unpaired) electrons. The van der Waals surface area contributed by atoms with Gasteiger partial charge in [-0.15, -0.1) is 0 Å². The number of allylic oxidation sites excluding steroid dienone is 1. The molecule has 3 heteroatoms. The Hall–Kier alpha value is -2.06. The highest BCUT2D eigenvalue weighted by Crippen LogP contribution is 2.25. The van der Waals surface area contributed by atoms with Crippen LogP contribution >= 0.6 is 11.6 Å². The van der Waals surface area contributed by atoms with Crippen molar-refractivity contribution in [3.8, 4) is 11.1 Å². The number of hydrogen-bond donors (Lipinski definition) is 1. The molecule has 21 heavy (non-hydrogen) atoms. The molecule has 0 amide bonds. The van der Waals surface area contributed by atoms with Crippen LogP contribution < -0.4 is 0 Å². The smallest absolute Gasteiger partial charge is 0.331 e. The minimum absolute atomic E-state index is 0.453. The van der Waals surface area contributed by atoms with E-state index in [1.807, 2.05) is 62.4 Å². The van der Waals surface area contributed by atoms with Crippen LogP contribution in [0.1, 0.15) is 25.8 Å². The Morgan fingerprint density at radius 1 is 1.00 bits per heavy atom. The van der Waals surface area contributed by atoms with E-state index < -0.39 is 5.97 Å². The zero-order valence-electron chi connectivity index (χ0n) is 12.1. The summed E-state index contributed by atoms with van der Waals surface area (Å²) in [7, 11) is 0. The highest BCUT2D eigenvalue weighted by atomic mass is 35.5. The lowest BCUT2D eigenvalue weighted by molar-refractivity contribution is -0.132. The van der Waals surface area contributed by atoms with Crippen molar-refractivity contribution < 1.29 is 9.90 Å². The van der Waals surface area contributed by atoms with Crippen LogP contribution in [0.5, 0.6) is 0 Å². The summed E-state index contributed by atoms with van der Waals surface area (Å²) in [6, 6.07) is 15.6. The second-order valence-corrected chi connectivity index (χ2v) is 5.28. The van der Waals surface area contributed by atoms with Gasteiger partial charge in [0.05, 0.1) is 0 Å². The average Bonchev–Trinajstić information content (AvgIpc) is 2.48. The van der Waals surface area contributed by atoms with Crippen LogP contribution in [0.25, 0.3) is 16.7 Å². The third-order valence-corrected chi connectivity index (χ3v) is 3.81. The minimum Gasteiger partial charge on any atom is -0.478 e. The van der Waals surface area contributed by atoms with Crippen LogP contribution in [-0.4, -0.2) is 11.1 Å². The number of carboxylic acids is 1. The molecule has 0 atom stereocenters. The Morgan fingerprint density at radius 3 is 1.90 bits per heavy atom. The van der Waals surface area contributed by atoms with Crippen molar-refractivity contribution in [3.63, 3.8) is 0 Å². The summed E-state index contributed by atoms with van der Waals surface area (Å²) in [5.74, 6) is -0.850. The van der Waals surface area contributed by atoms with Gasteiger partial charge < -0.3 is 5.11 Å². The van der Waals surface area contributed by atoms with Crippen molar-refractivity contribution in [1.29, 1.82) is 0 Å². The maximum Gasteiger partial charge on any atom is 0.331 e. The summed E-state index contributed by atoms with van der Waals surface area (Å²) >= 11 is 5.88. The molecule has 0 saturated carbocycles. The molecular formula is C18H17ClO2. The molecule has 0 aliphatic carbocycles. The number of benzene rings is 2. The molecular weight excluding hydrogens is 284 g/mol. The van der Waals surface area contributed by atoms with E-state index in [4.69, 9.17) is 11.6 Å². The standard InChI is InChI=1S/C18H17ClO2/c1-3-17(18(20)21)12(2)13-4-6-14(7-5-13)15-8-10-16(19)11-9-15/h4-11H,3H2,1-2H3,(H,20,21)/b17-12+. The van der Waals surface area contributed by atoms with E-state index in [9.17, 15) is 9.90 Å². The van der Waals surface area contributed by atoms with Gasteiger partial charge >= 0.3 is 5.97 Å². The SMILES string of the molecule is CC/C(C(=O)O)=C(/C)c1ccc(-c2ccc(Cl)cc2)cc1. The molecule has 0 saturated heterocycles. The number of rotatable bonds is 4. The second kappa shape index (κ2) is 6.59. The lowest BCUT2D eigenvalue weighted by Gasteiger charge is -2.08. The van der Waals surface area contributed by atoms with Crippen LogP contribution in [0.2, 0.25) is 5.02 Å². The Bertz CT molecular complexity index is 667. The molecule has 1 N–H and O–H groups in total. The fourth-order valence-electron chi connectivity index (χ4n) is 2.31. The molecule has 2 aromatic carbocycles. The second-order valence-electron chi connectivity index (χ2n) is 4.85. The van der Waals surface area contributed by atoms with E-state index in [0.29, 0.717) is 17.0 Å². The summed E-state index contributed by atoms with van der Waals surface area (Å²) in [5.41, 5.74) is 4.37. The van der Waals surface area contributed by atoms with Crippen LogP contribution in [0.3, 0.4) is 0 Å². The monoisotopic (exact) mass is 300 g/mol. The maximum absolute atomic E-state index is 11.2. The van der Waals surface area contributed by atoms with E-state index >= 15 is 0 Å². The molecule has 108 valence electrons. The summed E-state index contributed by atoms with van der Waals surface area (Å²) in [6.45, 7) is 3.71. The first-order valence-electron chi connectivity index (χ1n) is 6.82. The zero-order chi connectivity index (χ0) is 15.4. The van der Waals surface area contributed by atoms with E-state index in [0.717, 1.165) is 22.3 Å². The van der Waals surface area contributed by atoms with Crippen molar-refractivity contribution in [2.24, 2.45) is 0 Å². The van der Waals surface area contributed by atoms with Gasteiger partial charge in [0.25, 0.3) is 0 Å². The fourth-order valence-corrected chi connectivity index (χ4v) is 2.43. The number of carboxylic acid groups (broad SMARTS) is 1. The number of halogens is 1. The molecule has 0 fully saturated rings. The lowest BCUT2D eigenvalue weighted by atomic mass is 9.97. The van der Waals surface area contributed by atoms with Crippen molar-refractivity contribution >= 4 is 23.1 Å². The van der Waals surface area contributed by atoms with Gasteiger partial charge in [-0.1, -0.05) is 54.9 Å². The number of hydrogen-bond acceptors (Lipinski definition) is 1. The predicted octanol–water partition coefficient (Wildman–Crippen LogP) is 5.28. The lowest BCUT2D eigenvalue weighted by Crippen LogP contribution is -2.02. The molecule has 0 aliphatic heterocycles. The molecule has 0 bridgehead atoms. The molecule has 0 spiro atoms. The summed E-state index contributed by atoms with van der Waals surface area (Å²) < 4.78 is 0. The summed E-state index contributed by atoms with van der Waals surface area (Å²) in [5, 5.41) is 9.90. The van der Waals surface area contributed by atoms with E-state index in [-0.39, 0.29) is 0 Å². The van der Waals surface area contributed by atoms with E-state index in [1.165, 1.54) is 0 Å². The van der Waals surface area contributed by atoms with E-state index in [1.54, 1.807) is 0 Å². The Morgan fingerprint density at radius 2 is 1.48 bits per heavy atom. The highest BCUT2D eigenvalue weighted by Gasteiger charge is 2.10. The maximum atomic E-state index is 11.2. The molecule has 0 unspecified atom stereocenters. The first-order valence-corrected chi connectivity index (χ1v) is 7.20. The first-order chi connectivity index (χ1) is 10.0. The third kappa shape index (κ3) is 3.53. The van der Waals surface area contributed by atoms with Crippen molar-refractivity contribution in [2.75, 3.05) is 0 Å². The topological polar surface area (TPSA) is 37.3 Å². The molecule has 0 aromatic heterocycles. The van der Waals surface area contributed by atoms with Crippen molar-refractivity contribution in [1.82, 2.24) is 0 Å². The van der Waals surface area contributed by atoms with Crippen LogP contribution in [-0.2, 0) is 4.79 Å². The van der Waals surface area contributed by atoms with Crippen LogP contribution in [0, 0.1) is 0 Å². The van der Waals surface area contributed by atoms with Gasteiger partial charge in [0.1, 0.15) is 0 Å². The largest absolute Gasteiger partial charge is 0.478 e. The van der Waals surface area contributed by atoms with Gasteiger partial charge in [-0.05, 0) is 47.7 Å². The fraction of sp³-hybridized carbons (Fsp3) is 0.167. The first kappa shape index (κ1) is 15.3. The van der Waals surface area contributed by atoms with Gasteiger partial charge in [0.15, 0.2) is 0 Å². The van der Waals surface area contributed by atoms with Gasteiger partial charge in [-0.25, -0.2) is 4.79 Å². The molecule has 2 nitrogen and oxygen atoms in total. The van der Waals surface area contributed by atoms with Crippen molar-refractivity contribution in [3.05, 3.63) is 64.7 Å². The minimum atomic E-state index is -0.850. The average molecular weight is 301 g/mol. The Balaban J connectivity index is 2.35. The summed E-state index contributed by atoms with van der Waals surface area (Å²) in [4.78, 5) is 11.2. The van der Waals surface area contributed by atoms with Crippen molar-refractivity contribution in [2.45, 2.75) is 20.3 Å². The number of aliphatic carboxylic acids is 1. The highest BCUT2D eigenvalue weighted by molar-refractivity contribution is 6.30. The third-order valence-electron chi connectivity index (χ3n) is 3.56. The Labute approximate surface area is 129 Å².